The molecule has 2 aromatic rings. The molecule has 0 atom stereocenters. The Morgan fingerprint density at radius 2 is 1.67 bits per heavy atom. The van der Waals surface area contributed by atoms with Crippen molar-refractivity contribution < 1.29 is 18.7 Å². The predicted octanol–water partition coefficient (Wildman–Crippen LogP) is 3.15. The predicted molar refractivity (Wildman–Crippen MR) is 70.7 cm³/mol. The van der Waals surface area contributed by atoms with Crippen LogP contribution in [0.5, 0.6) is 5.75 Å². The first-order chi connectivity index (χ1) is 10.1. The molecule has 0 aromatic heterocycles. The summed E-state index contributed by atoms with van der Waals surface area (Å²) >= 11 is 0. The van der Waals surface area contributed by atoms with Crippen LogP contribution < -0.4 is 4.74 Å². The summed E-state index contributed by atoms with van der Waals surface area (Å²) in [5.41, 5.74) is 0.728. The van der Waals surface area contributed by atoms with Gasteiger partial charge in [-0.2, -0.15) is 0 Å². The highest BCUT2D eigenvalue weighted by molar-refractivity contribution is 6.11. The van der Waals surface area contributed by atoms with E-state index in [1.54, 1.807) is 18.2 Å². The molecule has 1 aliphatic heterocycles. The Bertz CT molecular complexity index is 771. The highest BCUT2D eigenvalue weighted by Gasteiger charge is 2.22. The fourth-order valence-corrected chi connectivity index (χ4v) is 1.95. The summed E-state index contributed by atoms with van der Waals surface area (Å²) in [7, 11) is 0. The minimum Gasteiger partial charge on any atom is -0.489 e. The number of nitrogens with zero attached hydrogens (tertiary/aromatic N) is 2. The molecule has 104 valence electrons. The van der Waals surface area contributed by atoms with Crippen molar-refractivity contribution >= 4 is 11.8 Å². The van der Waals surface area contributed by atoms with Crippen molar-refractivity contribution in [1.82, 2.24) is 0 Å². The van der Waals surface area contributed by atoms with E-state index in [4.69, 9.17) is 4.74 Å². The molecule has 6 heteroatoms. The van der Waals surface area contributed by atoms with Crippen LogP contribution in [-0.2, 0) is 6.61 Å². The van der Waals surface area contributed by atoms with E-state index in [0.717, 1.165) is 0 Å². The highest BCUT2D eigenvalue weighted by Crippen LogP contribution is 2.23. The Hall–Kier alpha value is -2.89. The number of fused-ring (bicyclic) bond motifs is 1. The van der Waals surface area contributed by atoms with Crippen LogP contribution in [0.2, 0.25) is 0 Å². The standard InChI is InChI=1S/C15H9FN2O3/c16-13-4-2-1-3-9(13)8-21-10-5-6-11-12(7-10)15(20)18-17-14(11)19/h1-7H,8H2. The van der Waals surface area contributed by atoms with Gasteiger partial charge in [-0.1, -0.05) is 18.2 Å². The minimum atomic E-state index is -0.596. The zero-order valence-corrected chi connectivity index (χ0v) is 10.7. The summed E-state index contributed by atoms with van der Waals surface area (Å²) in [5.74, 6) is -1.17. The second-order valence-electron chi connectivity index (χ2n) is 4.40. The van der Waals surface area contributed by atoms with Gasteiger partial charge in [-0.15, -0.1) is 10.2 Å². The minimum absolute atomic E-state index is 0.0229. The first-order valence-corrected chi connectivity index (χ1v) is 6.16. The second kappa shape index (κ2) is 5.24. The number of halogens is 1. The van der Waals surface area contributed by atoms with Crippen molar-refractivity contribution in [3.63, 3.8) is 0 Å². The van der Waals surface area contributed by atoms with E-state index in [1.165, 1.54) is 24.3 Å². The van der Waals surface area contributed by atoms with Crippen LogP contribution >= 0.6 is 0 Å². The molecule has 0 bridgehead atoms. The van der Waals surface area contributed by atoms with Gasteiger partial charge in [-0.25, -0.2) is 4.39 Å². The third-order valence-corrected chi connectivity index (χ3v) is 3.04. The number of amides is 2. The van der Waals surface area contributed by atoms with Gasteiger partial charge in [-0.05, 0) is 24.3 Å². The van der Waals surface area contributed by atoms with Gasteiger partial charge in [0.15, 0.2) is 0 Å². The summed E-state index contributed by atoms with van der Waals surface area (Å²) in [6.45, 7) is 0.0229. The molecular formula is C15H9FN2O3. The van der Waals surface area contributed by atoms with E-state index in [2.05, 4.69) is 10.2 Å². The smallest absolute Gasteiger partial charge is 0.296 e. The first kappa shape index (κ1) is 13.1. The summed E-state index contributed by atoms with van der Waals surface area (Å²) in [5, 5.41) is 6.48. The molecule has 0 unspecified atom stereocenters. The molecule has 0 saturated heterocycles. The van der Waals surface area contributed by atoms with Crippen molar-refractivity contribution in [2.75, 3.05) is 0 Å². The van der Waals surface area contributed by atoms with Crippen molar-refractivity contribution in [2.24, 2.45) is 10.2 Å². The molecule has 3 rings (SSSR count). The van der Waals surface area contributed by atoms with E-state index in [9.17, 15) is 14.0 Å². The number of hydrogen-bond acceptors (Lipinski definition) is 3. The SMILES string of the molecule is O=C1N=NC(=O)c2cc(OCc3ccccc3F)ccc21. The number of carbonyl (C=O) groups excluding carboxylic acids is 2. The number of benzene rings is 2. The number of hydrogen-bond donors (Lipinski definition) is 0. The van der Waals surface area contributed by atoms with Crippen molar-refractivity contribution in [3.8, 4) is 5.75 Å². The Kier molecular flexibility index (Phi) is 3.27. The lowest BCUT2D eigenvalue weighted by molar-refractivity contribution is 0.0920. The molecule has 1 heterocycles. The molecule has 0 aliphatic carbocycles. The topological polar surface area (TPSA) is 68.1 Å². The molecule has 0 fully saturated rings. The van der Waals surface area contributed by atoms with Gasteiger partial charge >= 0.3 is 0 Å². The third-order valence-electron chi connectivity index (χ3n) is 3.04. The third kappa shape index (κ3) is 2.55. The first-order valence-electron chi connectivity index (χ1n) is 6.16. The molecular weight excluding hydrogens is 275 g/mol. The quantitative estimate of drug-likeness (QED) is 0.869. The van der Waals surface area contributed by atoms with Gasteiger partial charge in [-0.3, -0.25) is 9.59 Å². The molecule has 0 saturated carbocycles. The molecule has 0 radical (unpaired) electrons. The average molecular weight is 284 g/mol. The zero-order valence-electron chi connectivity index (χ0n) is 10.7. The van der Waals surface area contributed by atoms with E-state index in [1.807, 2.05) is 0 Å². The van der Waals surface area contributed by atoms with Crippen LogP contribution in [0.3, 0.4) is 0 Å². The average Bonchev–Trinajstić information content (AvgIpc) is 2.50. The van der Waals surface area contributed by atoms with E-state index >= 15 is 0 Å². The molecule has 0 N–H and O–H groups in total. The Morgan fingerprint density at radius 3 is 2.43 bits per heavy atom. The number of rotatable bonds is 3. The van der Waals surface area contributed by atoms with E-state index in [-0.39, 0.29) is 23.6 Å². The fraction of sp³-hybridized carbons (Fsp3) is 0.0667. The molecule has 21 heavy (non-hydrogen) atoms. The molecule has 1 aliphatic rings. The van der Waals surface area contributed by atoms with Crippen LogP contribution in [0.1, 0.15) is 26.3 Å². The van der Waals surface area contributed by atoms with Crippen LogP contribution in [0.25, 0.3) is 0 Å². The molecule has 2 amide bonds. The lowest BCUT2D eigenvalue weighted by Gasteiger charge is -2.11. The maximum atomic E-state index is 13.5. The van der Waals surface area contributed by atoms with Gasteiger partial charge in [0.1, 0.15) is 18.2 Å². The van der Waals surface area contributed by atoms with Crippen LogP contribution in [0.4, 0.5) is 4.39 Å². The van der Waals surface area contributed by atoms with Crippen LogP contribution in [0, 0.1) is 5.82 Å². The molecule has 2 aromatic carbocycles. The zero-order chi connectivity index (χ0) is 14.8. The van der Waals surface area contributed by atoms with Crippen LogP contribution in [-0.4, -0.2) is 11.8 Å². The Balaban J connectivity index is 1.82. The van der Waals surface area contributed by atoms with Crippen molar-refractivity contribution in [3.05, 3.63) is 65.0 Å². The summed E-state index contributed by atoms with van der Waals surface area (Å²) < 4.78 is 18.9. The Labute approximate surface area is 119 Å². The summed E-state index contributed by atoms with van der Waals surface area (Å²) in [6, 6.07) is 10.6. The second-order valence-corrected chi connectivity index (χ2v) is 4.40. The van der Waals surface area contributed by atoms with Gasteiger partial charge < -0.3 is 4.74 Å². The Morgan fingerprint density at radius 1 is 0.952 bits per heavy atom. The normalized spacial score (nSPS) is 13.2. The maximum absolute atomic E-state index is 13.5. The van der Waals surface area contributed by atoms with E-state index < -0.39 is 11.8 Å². The molecule has 0 spiro atoms. The van der Waals surface area contributed by atoms with Crippen molar-refractivity contribution in [1.29, 1.82) is 0 Å². The van der Waals surface area contributed by atoms with Gasteiger partial charge in [0, 0.05) is 5.56 Å². The number of azo groups is 1. The maximum Gasteiger partial charge on any atom is 0.296 e. The monoisotopic (exact) mass is 284 g/mol. The largest absolute Gasteiger partial charge is 0.489 e. The lowest BCUT2D eigenvalue weighted by Crippen LogP contribution is -2.11. The summed E-state index contributed by atoms with van der Waals surface area (Å²) in [4.78, 5) is 23.0. The number of ether oxygens (including phenoxy) is 1. The molecule has 5 nitrogen and oxygen atoms in total. The summed E-state index contributed by atoms with van der Waals surface area (Å²) in [6.07, 6.45) is 0. The lowest BCUT2D eigenvalue weighted by atomic mass is 10.1. The van der Waals surface area contributed by atoms with Crippen molar-refractivity contribution in [2.45, 2.75) is 6.61 Å². The fourth-order valence-electron chi connectivity index (χ4n) is 1.95. The van der Waals surface area contributed by atoms with Crippen LogP contribution in [0.15, 0.2) is 52.7 Å². The number of carbonyl (C=O) groups is 2. The van der Waals surface area contributed by atoms with Gasteiger partial charge in [0.05, 0.1) is 11.1 Å². The van der Waals surface area contributed by atoms with Gasteiger partial charge in [0.2, 0.25) is 0 Å². The highest BCUT2D eigenvalue weighted by atomic mass is 19.1. The van der Waals surface area contributed by atoms with Gasteiger partial charge in [0.25, 0.3) is 11.8 Å². The van der Waals surface area contributed by atoms with E-state index in [0.29, 0.717) is 11.3 Å².